The van der Waals surface area contributed by atoms with Crippen molar-refractivity contribution in [1.29, 1.82) is 0 Å². The number of urea groups is 1. The predicted octanol–water partition coefficient (Wildman–Crippen LogP) is 4.23. The molecule has 2 fully saturated rings. The zero-order valence-electron chi connectivity index (χ0n) is 14.7. The molecule has 1 N–H and O–H groups in total. The summed E-state index contributed by atoms with van der Waals surface area (Å²) in [5, 5.41) is 3.06. The Hall–Kier alpha value is -2.82. The number of benzene rings is 1. The van der Waals surface area contributed by atoms with E-state index < -0.39 is 0 Å². The van der Waals surface area contributed by atoms with Crippen LogP contribution in [0.5, 0.6) is 11.6 Å². The molecule has 4 rings (SSSR count). The predicted molar refractivity (Wildman–Crippen MR) is 101 cm³/mol. The highest BCUT2D eigenvalue weighted by Crippen LogP contribution is 2.25. The summed E-state index contributed by atoms with van der Waals surface area (Å²) in [6.45, 7) is 1.57. The van der Waals surface area contributed by atoms with Gasteiger partial charge >= 0.3 is 6.03 Å². The van der Waals surface area contributed by atoms with Gasteiger partial charge in [0.2, 0.25) is 5.88 Å². The molecule has 0 bridgehead atoms. The lowest BCUT2D eigenvalue weighted by Gasteiger charge is -2.28. The summed E-state index contributed by atoms with van der Waals surface area (Å²) in [6, 6.07) is 14.1. The maximum atomic E-state index is 12.1. The van der Waals surface area contributed by atoms with Crippen molar-refractivity contribution in [2.75, 3.05) is 13.1 Å². The van der Waals surface area contributed by atoms with Gasteiger partial charge in [0.1, 0.15) is 5.75 Å². The van der Waals surface area contributed by atoms with Crippen LogP contribution < -0.4 is 10.1 Å². The fraction of sp³-hybridized carbons (Fsp3) is 0.333. The molecule has 2 aliphatic rings. The second-order valence-corrected chi connectivity index (χ2v) is 6.86. The van der Waals surface area contributed by atoms with Crippen molar-refractivity contribution in [1.82, 2.24) is 15.2 Å². The number of hydrogen-bond donors (Lipinski definition) is 1. The molecule has 2 aromatic rings. The number of amides is 2. The van der Waals surface area contributed by atoms with Gasteiger partial charge in [0, 0.05) is 31.4 Å². The lowest BCUT2D eigenvalue weighted by Crippen LogP contribution is -2.43. The summed E-state index contributed by atoms with van der Waals surface area (Å²) in [5.74, 6) is 1.37. The van der Waals surface area contributed by atoms with E-state index in [1.54, 1.807) is 6.20 Å². The number of carbonyl (C=O) groups excluding carboxylic acids is 1. The van der Waals surface area contributed by atoms with Crippen LogP contribution in [0.25, 0.3) is 6.08 Å². The molecule has 2 amide bonds. The SMILES string of the molecule is O=C(NC1CC1)N1CCC(=Cc2cccc(Oc3ccccn3)c2)CC1. The molecule has 1 aromatic carbocycles. The summed E-state index contributed by atoms with van der Waals surface area (Å²) >= 11 is 0. The van der Waals surface area contributed by atoms with Crippen LogP contribution in [0, 0.1) is 0 Å². The smallest absolute Gasteiger partial charge is 0.317 e. The average Bonchev–Trinajstić information content (AvgIpc) is 3.47. The number of aromatic nitrogens is 1. The molecule has 0 atom stereocenters. The van der Waals surface area contributed by atoms with E-state index in [2.05, 4.69) is 22.4 Å². The topological polar surface area (TPSA) is 54.5 Å². The minimum atomic E-state index is 0.0947. The van der Waals surface area contributed by atoms with Crippen LogP contribution >= 0.6 is 0 Å². The molecule has 0 radical (unpaired) electrons. The summed E-state index contributed by atoms with van der Waals surface area (Å²) in [6.07, 6.45) is 8.02. The maximum Gasteiger partial charge on any atom is 0.317 e. The Morgan fingerprint density at radius 1 is 1.15 bits per heavy atom. The number of rotatable bonds is 4. The first-order chi connectivity index (χ1) is 12.8. The van der Waals surface area contributed by atoms with Gasteiger partial charge in [-0.15, -0.1) is 0 Å². The van der Waals surface area contributed by atoms with E-state index in [0.29, 0.717) is 11.9 Å². The molecule has 1 aliphatic heterocycles. The highest BCUT2D eigenvalue weighted by atomic mass is 16.5. The van der Waals surface area contributed by atoms with Crippen LogP contribution in [-0.2, 0) is 0 Å². The van der Waals surface area contributed by atoms with Crippen molar-refractivity contribution in [3.8, 4) is 11.6 Å². The van der Waals surface area contributed by atoms with Crippen molar-refractivity contribution < 1.29 is 9.53 Å². The quantitative estimate of drug-likeness (QED) is 0.899. The van der Waals surface area contributed by atoms with Gasteiger partial charge < -0.3 is 15.0 Å². The van der Waals surface area contributed by atoms with Crippen molar-refractivity contribution in [2.45, 2.75) is 31.7 Å². The number of ether oxygens (including phenoxy) is 1. The number of carbonyl (C=O) groups is 1. The van der Waals surface area contributed by atoms with Crippen LogP contribution in [0.2, 0.25) is 0 Å². The van der Waals surface area contributed by atoms with Gasteiger partial charge in [0.25, 0.3) is 0 Å². The van der Waals surface area contributed by atoms with E-state index in [0.717, 1.165) is 50.1 Å². The lowest BCUT2D eigenvalue weighted by molar-refractivity contribution is 0.193. The first-order valence-electron chi connectivity index (χ1n) is 9.20. The number of hydrogen-bond acceptors (Lipinski definition) is 3. The molecule has 5 heteroatoms. The van der Waals surface area contributed by atoms with Gasteiger partial charge in [0.15, 0.2) is 0 Å². The number of nitrogens with one attached hydrogen (secondary N) is 1. The molecule has 1 saturated heterocycles. The second-order valence-electron chi connectivity index (χ2n) is 6.86. The van der Waals surface area contributed by atoms with E-state index in [4.69, 9.17) is 4.74 Å². The zero-order chi connectivity index (χ0) is 17.8. The van der Waals surface area contributed by atoms with Crippen molar-refractivity contribution in [2.24, 2.45) is 0 Å². The van der Waals surface area contributed by atoms with Crippen LogP contribution in [0.3, 0.4) is 0 Å². The van der Waals surface area contributed by atoms with Crippen molar-refractivity contribution in [3.63, 3.8) is 0 Å². The average molecular weight is 349 g/mol. The molecule has 0 spiro atoms. The van der Waals surface area contributed by atoms with E-state index in [-0.39, 0.29) is 6.03 Å². The zero-order valence-corrected chi connectivity index (χ0v) is 14.7. The molecular formula is C21H23N3O2. The highest BCUT2D eigenvalue weighted by Gasteiger charge is 2.27. The first kappa shape index (κ1) is 16.6. The number of nitrogens with zero attached hydrogens (tertiary/aromatic N) is 2. The third-order valence-electron chi connectivity index (χ3n) is 4.69. The molecular weight excluding hydrogens is 326 g/mol. The molecule has 2 heterocycles. The van der Waals surface area contributed by atoms with Gasteiger partial charge in [-0.1, -0.05) is 29.8 Å². The Bertz CT molecular complexity index is 790. The second kappa shape index (κ2) is 7.60. The third-order valence-corrected chi connectivity index (χ3v) is 4.69. The standard InChI is InChI=1S/C21H23N3O2/c25-21(23-18-7-8-18)24-12-9-16(10-13-24)14-17-4-3-5-19(15-17)26-20-6-1-2-11-22-20/h1-6,11,14-15,18H,7-10,12-13H2,(H,23,25). The number of pyridine rings is 1. The van der Waals surface area contributed by atoms with Gasteiger partial charge in [-0.05, 0) is 49.4 Å². The summed E-state index contributed by atoms with van der Waals surface area (Å²) in [5.41, 5.74) is 2.49. The van der Waals surface area contributed by atoms with E-state index in [9.17, 15) is 4.79 Å². The van der Waals surface area contributed by atoms with Gasteiger partial charge in [0.05, 0.1) is 0 Å². The van der Waals surface area contributed by atoms with Gasteiger partial charge in [-0.3, -0.25) is 0 Å². The monoisotopic (exact) mass is 349 g/mol. The lowest BCUT2D eigenvalue weighted by atomic mass is 10.0. The van der Waals surface area contributed by atoms with Gasteiger partial charge in [-0.25, -0.2) is 9.78 Å². The van der Waals surface area contributed by atoms with Crippen LogP contribution in [0.1, 0.15) is 31.2 Å². The van der Waals surface area contributed by atoms with Crippen molar-refractivity contribution >= 4 is 12.1 Å². The molecule has 1 aromatic heterocycles. The van der Waals surface area contributed by atoms with Crippen LogP contribution in [-0.4, -0.2) is 35.0 Å². The normalized spacial score (nSPS) is 16.9. The summed E-state index contributed by atoms with van der Waals surface area (Å²) in [4.78, 5) is 18.2. The summed E-state index contributed by atoms with van der Waals surface area (Å²) in [7, 11) is 0. The fourth-order valence-electron chi connectivity index (χ4n) is 3.07. The van der Waals surface area contributed by atoms with E-state index in [1.807, 2.05) is 41.3 Å². The largest absolute Gasteiger partial charge is 0.439 e. The van der Waals surface area contributed by atoms with Crippen LogP contribution in [0.4, 0.5) is 4.79 Å². The van der Waals surface area contributed by atoms with Crippen molar-refractivity contribution in [3.05, 3.63) is 59.8 Å². The fourth-order valence-corrected chi connectivity index (χ4v) is 3.07. The molecule has 26 heavy (non-hydrogen) atoms. The minimum Gasteiger partial charge on any atom is -0.439 e. The Labute approximate surface area is 153 Å². The van der Waals surface area contributed by atoms with E-state index >= 15 is 0 Å². The van der Waals surface area contributed by atoms with Crippen LogP contribution in [0.15, 0.2) is 54.2 Å². The highest BCUT2D eigenvalue weighted by molar-refractivity contribution is 5.75. The molecule has 0 unspecified atom stereocenters. The van der Waals surface area contributed by atoms with E-state index in [1.165, 1.54) is 5.57 Å². The molecule has 1 aliphatic carbocycles. The molecule has 5 nitrogen and oxygen atoms in total. The third kappa shape index (κ3) is 4.42. The molecule has 1 saturated carbocycles. The minimum absolute atomic E-state index is 0.0947. The van der Waals surface area contributed by atoms with Gasteiger partial charge in [-0.2, -0.15) is 0 Å². The maximum absolute atomic E-state index is 12.1. The summed E-state index contributed by atoms with van der Waals surface area (Å²) < 4.78 is 5.80. The number of piperidine rings is 1. The number of likely N-dealkylation sites (tertiary alicyclic amines) is 1. The Kier molecular flexibility index (Phi) is 4.86. The first-order valence-corrected chi connectivity index (χ1v) is 9.20. The Morgan fingerprint density at radius 3 is 2.73 bits per heavy atom. The Balaban J connectivity index is 1.36. The Morgan fingerprint density at radius 2 is 2.00 bits per heavy atom. The molecule has 134 valence electrons.